The van der Waals surface area contributed by atoms with E-state index in [1.165, 1.54) is 12.5 Å². The minimum absolute atomic E-state index is 0.00445. The maximum Gasteiger partial charge on any atom is 0.257 e. The van der Waals surface area contributed by atoms with Crippen molar-refractivity contribution in [2.75, 3.05) is 6.54 Å². The number of fused-ring (bicyclic) bond motifs is 1. The summed E-state index contributed by atoms with van der Waals surface area (Å²) in [5.74, 6) is 0. The van der Waals surface area contributed by atoms with Crippen LogP contribution in [0.4, 0.5) is 0 Å². The number of aromatic amines is 1. The molecule has 0 spiro atoms. The fourth-order valence-corrected chi connectivity index (χ4v) is 3.76. The Labute approximate surface area is 123 Å². The van der Waals surface area contributed by atoms with E-state index in [1.807, 2.05) is 24.3 Å². The number of aryl methyl sites for hydroxylation is 1. The fourth-order valence-electron chi connectivity index (χ4n) is 2.76. The molecular formula is C14H17N3O3S. The van der Waals surface area contributed by atoms with Gasteiger partial charge in [0.25, 0.3) is 10.0 Å². The van der Waals surface area contributed by atoms with E-state index >= 15 is 0 Å². The highest BCUT2D eigenvalue weighted by Gasteiger charge is 2.35. The molecule has 0 saturated carbocycles. The zero-order chi connectivity index (χ0) is 14.9. The Hall–Kier alpha value is -1.70. The number of sulfonamides is 1. The first-order chi connectivity index (χ1) is 10.0. The Morgan fingerprint density at radius 2 is 2.19 bits per heavy atom. The van der Waals surface area contributed by atoms with Gasteiger partial charge in [-0.1, -0.05) is 24.3 Å². The first-order valence-corrected chi connectivity index (χ1v) is 8.28. The summed E-state index contributed by atoms with van der Waals surface area (Å²) in [5.41, 5.74) is 0.720. The molecule has 1 aliphatic rings. The summed E-state index contributed by atoms with van der Waals surface area (Å²) in [5, 5.41) is 10.8. The number of H-pyrrole nitrogens is 1. The average Bonchev–Trinajstić information content (AvgIpc) is 3.01. The number of benzene rings is 1. The number of rotatable bonds is 4. The molecule has 0 fully saturated rings. The van der Waals surface area contributed by atoms with Crippen LogP contribution < -0.4 is 4.72 Å². The SMILES string of the molecule is O=S(=O)(NCC1(O)CCCc2ccccc21)c1cnc[nH]1. The highest BCUT2D eigenvalue weighted by Crippen LogP contribution is 2.34. The molecule has 1 aromatic carbocycles. The van der Waals surface area contributed by atoms with E-state index in [0.717, 1.165) is 24.0 Å². The molecular weight excluding hydrogens is 290 g/mol. The lowest BCUT2D eigenvalue weighted by Gasteiger charge is -2.34. The molecule has 1 atom stereocenters. The lowest BCUT2D eigenvalue weighted by atomic mass is 9.79. The van der Waals surface area contributed by atoms with E-state index < -0.39 is 15.6 Å². The van der Waals surface area contributed by atoms with Gasteiger partial charge in [-0.3, -0.25) is 0 Å². The van der Waals surface area contributed by atoms with Crippen molar-refractivity contribution in [2.45, 2.75) is 29.9 Å². The molecule has 3 rings (SSSR count). The van der Waals surface area contributed by atoms with Crippen LogP contribution in [0.2, 0.25) is 0 Å². The van der Waals surface area contributed by atoms with Gasteiger partial charge < -0.3 is 10.1 Å². The fraction of sp³-hybridized carbons (Fsp3) is 0.357. The van der Waals surface area contributed by atoms with Gasteiger partial charge in [0, 0.05) is 6.54 Å². The van der Waals surface area contributed by atoms with Gasteiger partial charge in [0.05, 0.1) is 12.5 Å². The minimum Gasteiger partial charge on any atom is -0.384 e. The second kappa shape index (κ2) is 5.25. The van der Waals surface area contributed by atoms with Crippen molar-refractivity contribution in [3.63, 3.8) is 0 Å². The molecule has 7 heteroatoms. The van der Waals surface area contributed by atoms with Crippen LogP contribution in [0, 0.1) is 0 Å². The molecule has 2 aromatic rings. The summed E-state index contributed by atoms with van der Waals surface area (Å²) >= 11 is 0. The van der Waals surface area contributed by atoms with E-state index in [-0.39, 0.29) is 11.6 Å². The first-order valence-electron chi connectivity index (χ1n) is 6.80. The van der Waals surface area contributed by atoms with Crippen molar-refractivity contribution in [3.05, 3.63) is 47.9 Å². The van der Waals surface area contributed by atoms with Crippen LogP contribution in [0.25, 0.3) is 0 Å². The van der Waals surface area contributed by atoms with Crippen LogP contribution in [0.3, 0.4) is 0 Å². The quantitative estimate of drug-likeness (QED) is 0.782. The molecule has 21 heavy (non-hydrogen) atoms. The minimum atomic E-state index is -3.69. The lowest BCUT2D eigenvalue weighted by molar-refractivity contribution is 0.0243. The van der Waals surface area contributed by atoms with E-state index in [4.69, 9.17) is 0 Å². The Morgan fingerprint density at radius 3 is 2.95 bits per heavy atom. The molecule has 0 aliphatic heterocycles. The number of aromatic nitrogens is 2. The second-order valence-corrected chi connectivity index (χ2v) is 7.02. The summed E-state index contributed by atoms with van der Waals surface area (Å²) in [6.07, 6.45) is 4.82. The van der Waals surface area contributed by atoms with Gasteiger partial charge >= 0.3 is 0 Å². The Kier molecular flexibility index (Phi) is 3.56. The van der Waals surface area contributed by atoms with Gasteiger partial charge in [-0.15, -0.1) is 0 Å². The van der Waals surface area contributed by atoms with E-state index in [0.29, 0.717) is 6.42 Å². The molecule has 0 radical (unpaired) electrons. The van der Waals surface area contributed by atoms with Crippen molar-refractivity contribution in [2.24, 2.45) is 0 Å². The van der Waals surface area contributed by atoms with E-state index in [2.05, 4.69) is 14.7 Å². The van der Waals surface area contributed by atoms with Gasteiger partial charge in [-0.25, -0.2) is 18.1 Å². The highest BCUT2D eigenvalue weighted by molar-refractivity contribution is 7.89. The van der Waals surface area contributed by atoms with Crippen LogP contribution in [0.15, 0.2) is 41.8 Å². The van der Waals surface area contributed by atoms with Crippen molar-refractivity contribution < 1.29 is 13.5 Å². The van der Waals surface area contributed by atoms with Crippen LogP contribution in [0.5, 0.6) is 0 Å². The smallest absolute Gasteiger partial charge is 0.257 e. The number of nitrogens with zero attached hydrogens (tertiary/aromatic N) is 1. The third kappa shape index (κ3) is 2.72. The topological polar surface area (TPSA) is 95.1 Å². The second-order valence-electron chi connectivity index (χ2n) is 5.28. The molecule has 0 bridgehead atoms. The van der Waals surface area contributed by atoms with Gasteiger partial charge in [0.2, 0.25) is 0 Å². The number of hydrogen-bond donors (Lipinski definition) is 3. The Bertz CT molecular complexity index is 728. The molecule has 6 nitrogen and oxygen atoms in total. The molecule has 1 unspecified atom stereocenters. The molecule has 1 aromatic heterocycles. The predicted octanol–water partition coefficient (Wildman–Crippen LogP) is 0.912. The van der Waals surface area contributed by atoms with E-state index in [9.17, 15) is 13.5 Å². The molecule has 112 valence electrons. The van der Waals surface area contributed by atoms with Crippen molar-refractivity contribution in [1.82, 2.24) is 14.7 Å². The summed E-state index contributed by atoms with van der Waals surface area (Å²) in [6, 6.07) is 7.62. The van der Waals surface area contributed by atoms with Gasteiger partial charge in [0.1, 0.15) is 5.60 Å². The summed E-state index contributed by atoms with van der Waals surface area (Å²) in [6.45, 7) is -0.0502. The number of aliphatic hydroxyl groups is 1. The number of imidazole rings is 1. The zero-order valence-electron chi connectivity index (χ0n) is 11.4. The monoisotopic (exact) mass is 307 g/mol. The molecule has 1 aliphatic carbocycles. The van der Waals surface area contributed by atoms with E-state index in [1.54, 1.807) is 0 Å². The average molecular weight is 307 g/mol. The maximum absolute atomic E-state index is 12.1. The molecule has 3 N–H and O–H groups in total. The summed E-state index contributed by atoms with van der Waals surface area (Å²) in [4.78, 5) is 6.25. The predicted molar refractivity (Wildman–Crippen MR) is 77.1 cm³/mol. The summed E-state index contributed by atoms with van der Waals surface area (Å²) in [7, 11) is -3.69. The number of nitrogens with one attached hydrogen (secondary N) is 2. The van der Waals surface area contributed by atoms with Gasteiger partial charge in [0.15, 0.2) is 5.03 Å². The van der Waals surface area contributed by atoms with Gasteiger partial charge in [-0.2, -0.15) is 0 Å². The highest BCUT2D eigenvalue weighted by atomic mass is 32.2. The van der Waals surface area contributed by atoms with Crippen molar-refractivity contribution in [3.8, 4) is 0 Å². The third-order valence-electron chi connectivity index (χ3n) is 3.87. The van der Waals surface area contributed by atoms with Crippen molar-refractivity contribution >= 4 is 10.0 Å². The van der Waals surface area contributed by atoms with Gasteiger partial charge in [-0.05, 0) is 30.4 Å². The third-order valence-corrected chi connectivity index (χ3v) is 5.20. The normalized spacial score (nSPS) is 22.0. The lowest BCUT2D eigenvalue weighted by Crippen LogP contribution is -2.43. The molecule has 1 heterocycles. The van der Waals surface area contributed by atoms with Crippen LogP contribution >= 0.6 is 0 Å². The van der Waals surface area contributed by atoms with Crippen LogP contribution in [-0.4, -0.2) is 30.0 Å². The standard InChI is InChI=1S/C14H17N3O3S/c18-14(7-3-5-11-4-1-2-6-12(11)14)9-17-21(19,20)13-8-15-10-16-13/h1-2,4,6,8,10,17-18H,3,5,7,9H2,(H,15,16). The molecule has 0 saturated heterocycles. The molecule has 0 amide bonds. The first kappa shape index (κ1) is 14.2. The van der Waals surface area contributed by atoms with Crippen molar-refractivity contribution in [1.29, 1.82) is 0 Å². The van der Waals surface area contributed by atoms with Crippen LogP contribution in [0.1, 0.15) is 24.0 Å². The Morgan fingerprint density at radius 1 is 1.38 bits per heavy atom. The summed E-state index contributed by atoms with van der Waals surface area (Å²) < 4.78 is 26.7. The Balaban J connectivity index is 1.83. The largest absolute Gasteiger partial charge is 0.384 e. The van der Waals surface area contributed by atoms with Crippen LogP contribution in [-0.2, 0) is 22.0 Å². The maximum atomic E-state index is 12.1. The zero-order valence-corrected chi connectivity index (χ0v) is 12.2. The number of hydrogen-bond acceptors (Lipinski definition) is 4.